The van der Waals surface area contributed by atoms with Crippen molar-refractivity contribution < 1.29 is 9.90 Å². The van der Waals surface area contributed by atoms with Gasteiger partial charge in [0.1, 0.15) is 0 Å². The van der Waals surface area contributed by atoms with Gasteiger partial charge in [0.2, 0.25) is 5.91 Å². The first-order valence-electron chi connectivity index (χ1n) is 7.11. The van der Waals surface area contributed by atoms with E-state index in [4.69, 9.17) is 0 Å². The summed E-state index contributed by atoms with van der Waals surface area (Å²) in [6.45, 7) is 2.00. The summed E-state index contributed by atoms with van der Waals surface area (Å²) in [4.78, 5) is 16.2. The van der Waals surface area contributed by atoms with Gasteiger partial charge in [0.25, 0.3) is 0 Å². The predicted octanol–water partition coefficient (Wildman–Crippen LogP) is 2.49. The number of aliphatic hydroxyl groups excluding tert-OH is 1. The minimum Gasteiger partial charge on any atom is -0.391 e. The number of aryl methyl sites for hydroxylation is 1. The first-order chi connectivity index (χ1) is 9.65. The molecular weight excluding hydrogens is 292 g/mol. The van der Waals surface area contributed by atoms with Crippen LogP contribution in [0.15, 0.2) is 5.38 Å². The van der Waals surface area contributed by atoms with E-state index in [0.29, 0.717) is 6.42 Å². The van der Waals surface area contributed by atoms with Gasteiger partial charge in [-0.15, -0.1) is 11.3 Å². The lowest BCUT2D eigenvalue weighted by atomic mass is 9.92. The van der Waals surface area contributed by atoms with E-state index in [0.717, 1.165) is 47.9 Å². The van der Waals surface area contributed by atoms with Crippen LogP contribution in [0, 0.1) is 6.92 Å². The fourth-order valence-corrected chi connectivity index (χ4v) is 3.92. The molecule has 20 heavy (non-hydrogen) atoms. The molecule has 0 bridgehead atoms. The maximum Gasteiger partial charge on any atom is 0.221 e. The molecule has 1 amide bonds. The van der Waals surface area contributed by atoms with Crippen molar-refractivity contribution in [2.75, 3.05) is 5.75 Å². The van der Waals surface area contributed by atoms with Gasteiger partial charge in [-0.25, -0.2) is 4.98 Å². The fourth-order valence-electron chi connectivity index (χ4n) is 2.37. The molecule has 1 heterocycles. The highest BCUT2D eigenvalue weighted by atomic mass is 32.2. The van der Waals surface area contributed by atoms with Crippen LogP contribution in [-0.4, -0.2) is 33.9 Å². The molecule has 6 heteroatoms. The Kier molecular flexibility index (Phi) is 6.32. The second kappa shape index (κ2) is 8.00. The van der Waals surface area contributed by atoms with E-state index in [-0.39, 0.29) is 18.1 Å². The van der Waals surface area contributed by atoms with Crippen LogP contribution in [0.5, 0.6) is 0 Å². The molecule has 0 spiro atoms. The first kappa shape index (κ1) is 15.8. The van der Waals surface area contributed by atoms with Crippen LogP contribution in [-0.2, 0) is 10.5 Å². The van der Waals surface area contributed by atoms with Gasteiger partial charge in [0, 0.05) is 23.3 Å². The molecule has 1 aliphatic rings. The second-order valence-electron chi connectivity index (χ2n) is 5.19. The summed E-state index contributed by atoms with van der Waals surface area (Å²) < 4.78 is 0. The van der Waals surface area contributed by atoms with Gasteiger partial charge < -0.3 is 10.4 Å². The van der Waals surface area contributed by atoms with Gasteiger partial charge in [-0.05, 0) is 19.8 Å². The van der Waals surface area contributed by atoms with E-state index in [1.165, 1.54) is 0 Å². The first-order valence-corrected chi connectivity index (χ1v) is 9.15. The summed E-state index contributed by atoms with van der Waals surface area (Å²) >= 11 is 3.39. The third kappa shape index (κ3) is 5.07. The molecule has 1 saturated carbocycles. The molecule has 1 fully saturated rings. The molecule has 0 aromatic carbocycles. The largest absolute Gasteiger partial charge is 0.391 e. The highest BCUT2D eigenvalue weighted by Crippen LogP contribution is 2.19. The number of amides is 1. The quantitative estimate of drug-likeness (QED) is 0.792. The molecule has 112 valence electrons. The van der Waals surface area contributed by atoms with Gasteiger partial charge in [0.15, 0.2) is 0 Å². The molecule has 0 aliphatic heterocycles. The Morgan fingerprint density at radius 3 is 3.05 bits per heavy atom. The molecule has 2 atom stereocenters. The van der Waals surface area contributed by atoms with Crippen LogP contribution < -0.4 is 5.32 Å². The number of carbonyl (C=O) groups is 1. The Morgan fingerprint density at radius 2 is 2.35 bits per heavy atom. The number of aliphatic hydroxyl groups is 1. The molecule has 1 aromatic heterocycles. The summed E-state index contributed by atoms with van der Waals surface area (Å²) in [5.41, 5.74) is 1.10. The number of rotatable bonds is 6. The zero-order valence-corrected chi connectivity index (χ0v) is 13.4. The van der Waals surface area contributed by atoms with Crippen molar-refractivity contribution in [3.8, 4) is 0 Å². The number of hydrogen-bond donors (Lipinski definition) is 2. The van der Waals surface area contributed by atoms with Crippen LogP contribution in [0.25, 0.3) is 0 Å². The number of nitrogens with one attached hydrogen (secondary N) is 1. The second-order valence-corrected chi connectivity index (χ2v) is 7.35. The molecular formula is C14H22N2O2S2. The number of thioether (sulfide) groups is 1. The Balaban J connectivity index is 1.60. The molecule has 0 radical (unpaired) electrons. The Hall–Kier alpha value is -0.590. The standard InChI is InChI=1S/C14H22N2O2S2/c1-10-15-11(9-20-10)8-19-7-6-14(18)16-12-4-2-3-5-13(12)17/h9,12-13,17H,2-8H2,1H3,(H,16,18). The van der Waals surface area contributed by atoms with Gasteiger partial charge in [-0.1, -0.05) is 12.8 Å². The van der Waals surface area contributed by atoms with Crippen LogP contribution >= 0.6 is 23.1 Å². The van der Waals surface area contributed by atoms with Crippen molar-refractivity contribution in [2.24, 2.45) is 0 Å². The van der Waals surface area contributed by atoms with Crippen molar-refractivity contribution in [1.82, 2.24) is 10.3 Å². The Labute approximate surface area is 128 Å². The third-order valence-electron chi connectivity index (χ3n) is 3.47. The Morgan fingerprint density at radius 1 is 1.55 bits per heavy atom. The lowest BCUT2D eigenvalue weighted by Crippen LogP contribution is -2.45. The van der Waals surface area contributed by atoms with E-state index in [1.54, 1.807) is 23.1 Å². The lowest BCUT2D eigenvalue weighted by molar-refractivity contribution is -0.122. The van der Waals surface area contributed by atoms with E-state index in [2.05, 4.69) is 15.7 Å². The maximum atomic E-state index is 11.8. The molecule has 1 aliphatic carbocycles. The lowest BCUT2D eigenvalue weighted by Gasteiger charge is -2.28. The highest BCUT2D eigenvalue weighted by Gasteiger charge is 2.24. The molecule has 2 unspecified atom stereocenters. The molecule has 1 aromatic rings. The van der Waals surface area contributed by atoms with E-state index < -0.39 is 0 Å². The Bertz CT molecular complexity index is 437. The summed E-state index contributed by atoms with van der Waals surface area (Å²) in [6.07, 6.45) is 4.02. The van der Waals surface area contributed by atoms with Crippen molar-refractivity contribution in [3.05, 3.63) is 16.1 Å². The van der Waals surface area contributed by atoms with Crippen LogP contribution in [0.1, 0.15) is 42.8 Å². The van der Waals surface area contributed by atoms with Gasteiger partial charge in [0.05, 0.1) is 22.8 Å². The van der Waals surface area contributed by atoms with Gasteiger partial charge in [-0.3, -0.25) is 4.79 Å². The van der Waals surface area contributed by atoms with Crippen molar-refractivity contribution in [3.63, 3.8) is 0 Å². The molecule has 4 nitrogen and oxygen atoms in total. The zero-order valence-electron chi connectivity index (χ0n) is 11.8. The number of aromatic nitrogens is 1. The number of nitrogens with zero attached hydrogens (tertiary/aromatic N) is 1. The van der Waals surface area contributed by atoms with Crippen molar-refractivity contribution in [1.29, 1.82) is 0 Å². The van der Waals surface area contributed by atoms with E-state index in [9.17, 15) is 9.90 Å². The third-order valence-corrected chi connectivity index (χ3v) is 5.28. The minimum atomic E-state index is -0.363. The van der Waals surface area contributed by atoms with Crippen molar-refractivity contribution in [2.45, 2.75) is 56.9 Å². The number of thiazole rings is 1. The average Bonchev–Trinajstić information content (AvgIpc) is 2.83. The number of hydrogen-bond acceptors (Lipinski definition) is 5. The molecule has 0 saturated heterocycles. The summed E-state index contributed by atoms with van der Waals surface area (Å²) in [6, 6.07) is -0.0394. The summed E-state index contributed by atoms with van der Waals surface area (Å²) in [5, 5.41) is 15.9. The maximum absolute atomic E-state index is 11.8. The monoisotopic (exact) mass is 314 g/mol. The highest BCUT2D eigenvalue weighted by molar-refractivity contribution is 7.98. The molecule has 2 rings (SSSR count). The smallest absolute Gasteiger partial charge is 0.221 e. The predicted molar refractivity (Wildman–Crippen MR) is 84.0 cm³/mol. The van der Waals surface area contributed by atoms with Gasteiger partial charge >= 0.3 is 0 Å². The van der Waals surface area contributed by atoms with E-state index >= 15 is 0 Å². The normalized spacial score (nSPS) is 22.7. The van der Waals surface area contributed by atoms with Crippen LogP contribution in [0.2, 0.25) is 0 Å². The summed E-state index contributed by atoms with van der Waals surface area (Å²) in [5.74, 6) is 1.72. The average molecular weight is 314 g/mol. The van der Waals surface area contributed by atoms with E-state index in [1.807, 2.05) is 6.92 Å². The summed E-state index contributed by atoms with van der Waals surface area (Å²) in [7, 11) is 0. The fraction of sp³-hybridized carbons (Fsp3) is 0.714. The van der Waals surface area contributed by atoms with Crippen molar-refractivity contribution >= 4 is 29.0 Å². The van der Waals surface area contributed by atoms with Crippen LogP contribution in [0.3, 0.4) is 0 Å². The molecule has 2 N–H and O–H groups in total. The van der Waals surface area contributed by atoms with Gasteiger partial charge in [-0.2, -0.15) is 11.8 Å². The minimum absolute atomic E-state index is 0.0394. The number of carbonyl (C=O) groups excluding carboxylic acids is 1. The topological polar surface area (TPSA) is 62.2 Å². The SMILES string of the molecule is Cc1nc(CSCCC(=O)NC2CCCCC2O)cs1. The van der Waals surface area contributed by atoms with Crippen LogP contribution in [0.4, 0.5) is 0 Å². The zero-order chi connectivity index (χ0) is 14.4.